The average molecular weight is 440 g/mol. The van der Waals surface area contributed by atoms with Gasteiger partial charge in [-0.3, -0.25) is 14.4 Å². The number of benzene rings is 1. The molecule has 2 amide bonds. The van der Waals surface area contributed by atoms with Crippen LogP contribution in [0.5, 0.6) is 5.75 Å². The summed E-state index contributed by atoms with van der Waals surface area (Å²) < 4.78 is 11.2. The molecule has 0 unspecified atom stereocenters. The van der Waals surface area contributed by atoms with Crippen molar-refractivity contribution in [3.63, 3.8) is 0 Å². The zero-order valence-electron chi connectivity index (χ0n) is 18.2. The van der Waals surface area contributed by atoms with Crippen LogP contribution in [0.3, 0.4) is 0 Å². The number of fused-ring (bicyclic) bond motifs is 1. The van der Waals surface area contributed by atoms with Gasteiger partial charge in [0, 0.05) is 44.2 Å². The number of aromatic hydroxyl groups is 1. The van der Waals surface area contributed by atoms with Crippen molar-refractivity contribution in [2.75, 3.05) is 26.3 Å². The molecule has 0 spiro atoms. The highest BCUT2D eigenvalue weighted by molar-refractivity contribution is 5.85. The Balaban J connectivity index is 1.43. The molecule has 2 aromatic rings. The van der Waals surface area contributed by atoms with Crippen molar-refractivity contribution in [3.05, 3.63) is 63.2 Å². The molecular weight excluding hydrogens is 412 g/mol. The lowest BCUT2D eigenvalue weighted by atomic mass is 9.74. The SMILES string of the molecule is Cc1cc(=O)c(O)c(C2(CC(=O)NCC(=O)N3CCc4ccccc4C3)CCOCC2)o1. The summed E-state index contributed by atoms with van der Waals surface area (Å²) in [6, 6.07) is 9.27. The van der Waals surface area contributed by atoms with E-state index in [1.165, 1.54) is 11.6 Å². The Morgan fingerprint density at radius 1 is 1.19 bits per heavy atom. The maximum atomic E-state index is 12.8. The van der Waals surface area contributed by atoms with Crippen LogP contribution in [-0.2, 0) is 32.7 Å². The van der Waals surface area contributed by atoms with Crippen LogP contribution in [0.4, 0.5) is 0 Å². The quantitative estimate of drug-likeness (QED) is 0.734. The average Bonchev–Trinajstić information content (AvgIpc) is 2.80. The highest BCUT2D eigenvalue weighted by atomic mass is 16.5. The fourth-order valence-corrected chi connectivity index (χ4v) is 4.57. The van der Waals surface area contributed by atoms with E-state index in [1.54, 1.807) is 11.8 Å². The minimum absolute atomic E-state index is 0.00751. The van der Waals surface area contributed by atoms with Gasteiger partial charge in [-0.25, -0.2) is 0 Å². The molecule has 1 fully saturated rings. The predicted octanol–water partition coefficient (Wildman–Crippen LogP) is 1.79. The molecule has 32 heavy (non-hydrogen) atoms. The van der Waals surface area contributed by atoms with Gasteiger partial charge in [-0.05, 0) is 37.3 Å². The number of carbonyl (C=O) groups excluding carboxylic acids is 2. The highest BCUT2D eigenvalue weighted by Crippen LogP contribution is 2.41. The lowest BCUT2D eigenvalue weighted by Crippen LogP contribution is -2.45. The van der Waals surface area contributed by atoms with Crippen LogP contribution in [-0.4, -0.2) is 48.1 Å². The van der Waals surface area contributed by atoms with Gasteiger partial charge in [-0.2, -0.15) is 0 Å². The van der Waals surface area contributed by atoms with E-state index in [0.717, 1.165) is 12.0 Å². The number of hydrogen-bond donors (Lipinski definition) is 2. The van der Waals surface area contributed by atoms with Crippen molar-refractivity contribution >= 4 is 11.8 Å². The molecular formula is C24H28N2O6. The second-order valence-corrected chi connectivity index (χ2v) is 8.58. The van der Waals surface area contributed by atoms with Gasteiger partial charge in [0.05, 0.1) is 6.54 Å². The van der Waals surface area contributed by atoms with E-state index in [9.17, 15) is 19.5 Å². The van der Waals surface area contributed by atoms with E-state index in [2.05, 4.69) is 11.4 Å². The first-order valence-electron chi connectivity index (χ1n) is 10.9. The summed E-state index contributed by atoms with van der Waals surface area (Å²) in [5.74, 6) is -0.442. The first kappa shape index (κ1) is 22.1. The van der Waals surface area contributed by atoms with Gasteiger partial charge < -0.3 is 24.5 Å². The van der Waals surface area contributed by atoms with Gasteiger partial charge in [-0.15, -0.1) is 0 Å². The van der Waals surface area contributed by atoms with E-state index in [-0.39, 0.29) is 30.5 Å². The zero-order valence-corrected chi connectivity index (χ0v) is 18.2. The zero-order chi connectivity index (χ0) is 22.7. The van der Waals surface area contributed by atoms with Gasteiger partial charge in [0.1, 0.15) is 5.76 Å². The number of amides is 2. The van der Waals surface area contributed by atoms with E-state index < -0.39 is 16.6 Å². The minimum Gasteiger partial charge on any atom is -0.502 e. The Hall–Kier alpha value is -3.13. The third-order valence-electron chi connectivity index (χ3n) is 6.40. The molecule has 0 atom stereocenters. The summed E-state index contributed by atoms with van der Waals surface area (Å²) in [7, 11) is 0. The van der Waals surface area contributed by atoms with Gasteiger partial charge in [0.2, 0.25) is 23.0 Å². The fraction of sp³-hybridized carbons (Fsp3) is 0.458. The van der Waals surface area contributed by atoms with Crippen molar-refractivity contribution in [3.8, 4) is 5.75 Å². The van der Waals surface area contributed by atoms with Gasteiger partial charge in [0.15, 0.2) is 5.76 Å². The molecule has 4 rings (SSSR count). The third kappa shape index (κ3) is 4.55. The first-order chi connectivity index (χ1) is 15.4. The molecule has 1 aromatic heterocycles. The maximum Gasteiger partial charge on any atom is 0.242 e. The first-order valence-corrected chi connectivity index (χ1v) is 10.9. The second kappa shape index (κ2) is 9.16. The smallest absolute Gasteiger partial charge is 0.242 e. The number of aryl methyl sites for hydroxylation is 1. The van der Waals surface area contributed by atoms with E-state index in [4.69, 9.17) is 9.15 Å². The molecule has 170 valence electrons. The van der Waals surface area contributed by atoms with Crippen molar-refractivity contribution in [2.24, 2.45) is 0 Å². The molecule has 1 saturated heterocycles. The largest absolute Gasteiger partial charge is 0.502 e. The second-order valence-electron chi connectivity index (χ2n) is 8.58. The van der Waals surface area contributed by atoms with E-state index in [1.807, 2.05) is 18.2 Å². The molecule has 8 heteroatoms. The fourth-order valence-electron chi connectivity index (χ4n) is 4.57. The monoisotopic (exact) mass is 440 g/mol. The lowest BCUT2D eigenvalue weighted by Gasteiger charge is -2.36. The summed E-state index contributed by atoms with van der Waals surface area (Å²) in [5.41, 5.74) is 0.992. The van der Waals surface area contributed by atoms with Crippen LogP contribution in [0.1, 0.15) is 41.9 Å². The van der Waals surface area contributed by atoms with Gasteiger partial charge in [-0.1, -0.05) is 24.3 Å². The molecule has 3 heterocycles. The van der Waals surface area contributed by atoms with Crippen LogP contribution in [0.2, 0.25) is 0 Å². The van der Waals surface area contributed by atoms with Crippen LogP contribution < -0.4 is 10.7 Å². The summed E-state index contributed by atoms with van der Waals surface area (Å²) in [5, 5.41) is 13.1. The van der Waals surface area contributed by atoms with Crippen LogP contribution >= 0.6 is 0 Å². The summed E-state index contributed by atoms with van der Waals surface area (Å²) >= 11 is 0. The number of nitrogens with zero attached hydrogens (tertiary/aromatic N) is 1. The van der Waals surface area contributed by atoms with E-state index >= 15 is 0 Å². The normalized spacial score (nSPS) is 17.5. The Labute approximate surface area is 186 Å². The predicted molar refractivity (Wildman–Crippen MR) is 116 cm³/mol. The third-order valence-corrected chi connectivity index (χ3v) is 6.40. The van der Waals surface area contributed by atoms with Crippen LogP contribution in [0, 0.1) is 6.92 Å². The van der Waals surface area contributed by atoms with Crippen LogP contribution in [0.25, 0.3) is 0 Å². The number of nitrogens with one attached hydrogen (secondary N) is 1. The molecule has 2 aliphatic rings. The van der Waals surface area contributed by atoms with Gasteiger partial charge in [0.25, 0.3) is 0 Å². The minimum atomic E-state index is -0.856. The summed E-state index contributed by atoms with van der Waals surface area (Å²) in [4.78, 5) is 39.4. The Morgan fingerprint density at radius 3 is 2.66 bits per heavy atom. The molecule has 1 aromatic carbocycles. The number of carbonyl (C=O) groups is 2. The molecule has 0 radical (unpaired) electrons. The number of hydrogen-bond acceptors (Lipinski definition) is 6. The van der Waals surface area contributed by atoms with Crippen molar-refractivity contribution in [2.45, 2.75) is 44.6 Å². The number of rotatable bonds is 5. The van der Waals surface area contributed by atoms with E-state index in [0.29, 0.717) is 44.9 Å². The molecule has 0 aliphatic carbocycles. The number of ether oxygens (including phenoxy) is 1. The maximum absolute atomic E-state index is 12.8. The topological polar surface area (TPSA) is 109 Å². The molecule has 0 bridgehead atoms. The van der Waals surface area contributed by atoms with Crippen LogP contribution in [0.15, 0.2) is 39.5 Å². The Kier molecular flexibility index (Phi) is 6.32. The molecule has 8 nitrogen and oxygen atoms in total. The summed E-state index contributed by atoms with van der Waals surface area (Å²) in [6.07, 6.45) is 1.64. The Bertz CT molecular complexity index is 1070. The van der Waals surface area contributed by atoms with Crippen molar-refractivity contribution in [1.82, 2.24) is 10.2 Å². The van der Waals surface area contributed by atoms with Crippen molar-refractivity contribution in [1.29, 1.82) is 0 Å². The molecule has 2 N–H and O–H groups in total. The molecule has 0 saturated carbocycles. The lowest BCUT2D eigenvalue weighted by molar-refractivity contribution is -0.134. The van der Waals surface area contributed by atoms with Gasteiger partial charge >= 0.3 is 0 Å². The highest BCUT2D eigenvalue weighted by Gasteiger charge is 2.42. The Morgan fingerprint density at radius 2 is 1.91 bits per heavy atom. The summed E-state index contributed by atoms with van der Waals surface area (Å²) in [6.45, 7) is 3.46. The van der Waals surface area contributed by atoms with Crippen molar-refractivity contribution < 1.29 is 23.8 Å². The standard InChI is InChI=1S/C24H28N2O6/c1-16-12-19(27)22(30)23(32-16)24(7-10-31-11-8-24)13-20(28)25-14-21(29)26-9-6-17-4-2-3-5-18(17)15-26/h2-5,12,30H,6-11,13-15H2,1H3,(H,25,28). The molecule has 2 aliphatic heterocycles.